The number of rotatable bonds is 2. The lowest BCUT2D eigenvalue weighted by Gasteiger charge is -2.08. The molecule has 22 heavy (non-hydrogen) atoms. The standard InChI is InChI=1S/C18H12ClN3/c19-17-10-15(14-3-1-6-20-11-14)9-13-5-8-22(18(13)17)16-4-2-7-21-12-16/h1-12H. The Labute approximate surface area is 132 Å². The van der Waals surface area contributed by atoms with Crippen molar-refractivity contribution in [3.63, 3.8) is 0 Å². The molecule has 0 radical (unpaired) electrons. The molecule has 0 amide bonds. The fraction of sp³-hybridized carbons (Fsp3) is 0. The van der Waals surface area contributed by atoms with Crippen molar-refractivity contribution >= 4 is 22.5 Å². The van der Waals surface area contributed by atoms with Gasteiger partial charge in [-0.2, -0.15) is 0 Å². The minimum Gasteiger partial charge on any atom is -0.314 e. The van der Waals surface area contributed by atoms with Crippen LogP contribution >= 0.6 is 11.6 Å². The number of aromatic nitrogens is 3. The molecule has 4 rings (SSSR count). The van der Waals surface area contributed by atoms with Gasteiger partial charge in [0.15, 0.2) is 0 Å². The molecule has 3 heterocycles. The first-order valence-corrected chi connectivity index (χ1v) is 7.32. The van der Waals surface area contributed by atoms with Crippen LogP contribution in [0.5, 0.6) is 0 Å². The minimum absolute atomic E-state index is 0.713. The van der Waals surface area contributed by atoms with Crippen molar-refractivity contribution in [2.75, 3.05) is 0 Å². The summed E-state index contributed by atoms with van der Waals surface area (Å²) < 4.78 is 2.05. The van der Waals surface area contributed by atoms with Gasteiger partial charge in [-0.3, -0.25) is 9.97 Å². The second-order valence-corrected chi connectivity index (χ2v) is 5.44. The molecule has 0 saturated heterocycles. The fourth-order valence-corrected chi connectivity index (χ4v) is 2.96. The summed E-state index contributed by atoms with van der Waals surface area (Å²) in [6.45, 7) is 0. The fourth-order valence-electron chi connectivity index (χ4n) is 2.64. The summed E-state index contributed by atoms with van der Waals surface area (Å²) in [5.41, 5.74) is 4.10. The molecule has 0 bridgehead atoms. The lowest BCUT2D eigenvalue weighted by atomic mass is 10.1. The number of fused-ring (bicyclic) bond motifs is 1. The largest absolute Gasteiger partial charge is 0.314 e. The van der Waals surface area contributed by atoms with Crippen LogP contribution in [0.4, 0.5) is 0 Å². The molecular weight excluding hydrogens is 294 g/mol. The van der Waals surface area contributed by atoms with Gasteiger partial charge in [-0.05, 0) is 42.0 Å². The van der Waals surface area contributed by atoms with E-state index in [-0.39, 0.29) is 0 Å². The number of hydrogen-bond donors (Lipinski definition) is 0. The molecular formula is C18H12ClN3. The van der Waals surface area contributed by atoms with Gasteiger partial charge in [0, 0.05) is 35.7 Å². The third kappa shape index (κ3) is 2.16. The average molecular weight is 306 g/mol. The van der Waals surface area contributed by atoms with Gasteiger partial charge >= 0.3 is 0 Å². The van der Waals surface area contributed by atoms with Crippen molar-refractivity contribution in [3.8, 4) is 16.8 Å². The Kier molecular flexibility index (Phi) is 3.13. The predicted molar refractivity (Wildman–Crippen MR) is 89.3 cm³/mol. The summed E-state index contributed by atoms with van der Waals surface area (Å²) in [5.74, 6) is 0. The minimum atomic E-state index is 0.713. The van der Waals surface area contributed by atoms with Crippen LogP contribution in [0.3, 0.4) is 0 Å². The van der Waals surface area contributed by atoms with Gasteiger partial charge < -0.3 is 4.57 Å². The van der Waals surface area contributed by atoms with E-state index in [0.29, 0.717) is 5.02 Å². The first-order valence-electron chi connectivity index (χ1n) is 6.94. The van der Waals surface area contributed by atoms with Crippen LogP contribution in [0.25, 0.3) is 27.7 Å². The zero-order chi connectivity index (χ0) is 14.9. The highest BCUT2D eigenvalue weighted by molar-refractivity contribution is 6.35. The van der Waals surface area contributed by atoms with Crippen LogP contribution in [-0.2, 0) is 0 Å². The maximum Gasteiger partial charge on any atom is 0.0716 e. The van der Waals surface area contributed by atoms with Crippen LogP contribution in [0.2, 0.25) is 5.02 Å². The monoisotopic (exact) mass is 305 g/mol. The Hall–Kier alpha value is -2.65. The van der Waals surface area contributed by atoms with Gasteiger partial charge in [0.25, 0.3) is 0 Å². The van der Waals surface area contributed by atoms with E-state index in [2.05, 4.69) is 26.7 Å². The Balaban J connectivity index is 1.92. The first kappa shape index (κ1) is 13.0. The second-order valence-electron chi connectivity index (χ2n) is 5.03. The van der Waals surface area contributed by atoms with Crippen LogP contribution < -0.4 is 0 Å². The van der Waals surface area contributed by atoms with Crippen molar-refractivity contribution in [1.82, 2.24) is 14.5 Å². The molecule has 106 valence electrons. The second kappa shape index (κ2) is 5.28. The molecule has 3 nitrogen and oxygen atoms in total. The van der Waals surface area contributed by atoms with E-state index in [4.69, 9.17) is 11.6 Å². The highest BCUT2D eigenvalue weighted by atomic mass is 35.5. The van der Waals surface area contributed by atoms with Crippen molar-refractivity contribution < 1.29 is 0 Å². The van der Waals surface area contributed by atoms with Crippen molar-refractivity contribution in [1.29, 1.82) is 0 Å². The van der Waals surface area contributed by atoms with E-state index < -0.39 is 0 Å². The van der Waals surface area contributed by atoms with Crippen molar-refractivity contribution in [2.24, 2.45) is 0 Å². The van der Waals surface area contributed by atoms with Gasteiger partial charge in [0.05, 0.1) is 22.4 Å². The summed E-state index contributed by atoms with van der Waals surface area (Å²) in [6.07, 6.45) is 9.21. The van der Waals surface area contributed by atoms with Crippen molar-refractivity contribution in [3.05, 3.63) is 78.5 Å². The molecule has 4 heteroatoms. The predicted octanol–water partition coefficient (Wildman–Crippen LogP) is 4.74. The van der Waals surface area contributed by atoms with E-state index in [1.165, 1.54) is 0 Å². The lowest BCUT2D eigenvalue weighted by molar-refractivity contribution is 1.10. The number of hydrogen-bond acceptors (Lipinski definition) is 2. The Morgan fingerprint density at radius 3 is 2.41 bits per heavy atom. The molecule has 0 unspecified atom stereocenters. The molecule has 0 spiro atoms. The maximum atomic E-state index is 6.55. The van der Waals surface area contributed by atoms with Gasteiger partial charge in [-0.1, -0.05) is 17.7 Å². The first-order chi connectivity index (χ1) is 10.8. The number of pyridine rings is 2. The third-order valence-corrected chi connectivity index (χ3v) is 3.94. The molecule has 0 aliphatic heterocycles. The van der Waals surface area contributed by atoms with E-state index in [0.717, 1.165) is 27.7 Å². The van der Waals surface area contributed by atoms with Crippen LogP contribution in [-0.4, -0.2) is 14.5 Å². The SMILES string of the molecule is Clc1cc(-c2cccnc2)cc2ccn(-c3cccnc3)c12. The average Bonchev–Trinajstić information content (AvgIpc) is 3.01. The summed E-state index contributed by atoms with van der Waals surface area (Å²) in [6, 6.07) is 14.1. The zero-order valence-electron chi connectivity index (χ0n) is 11.6. The summed E-state index contributed by atoms with van der Waals surface area (Å²) in [5, 5.41) is 1.81. The highest BCUT2D eigenvalue weighted by Gasteiger charge is 2.10. The van der Waals surface area contributed by atoms with E-state index in [1.54, 1.807) is 12.4 Å². The van der Waals surface area contributed by atoms with Gasteiger partial charge in [0.1, 0.15) is 0 Å². The van der Waals surface area contributed by atoms with Crippen LogP contribution in [0, 0.1) is 0 Å². The lowest BCUT2D eigenvalue weighted by Crippen LogP contribution is -1.93. The highest BCUT2D eigenvalue weighted by Crippen LogP contribution is 2.32. The van der Waals surface area contributed by atoms with E-state index in [9.17, 15) is 0 Å². The normalized spacial score (nSPS) is 11.0. The maximum absolute atomic E-state index is 6.55. The Bertz CT molecular complexity index is 931. The molecule has 0 N–H and O–H groups in total. The molecule has 0 fully saturated rings. The van der Waals surface area contributed by atoms with E-state index >= 15 is 0 Å². The molecule has 0 aliphatic rings. The summed E-state index contributed by atoms with van der Waals surface area (Å²) >= 11 is 6.55. The van der Waals surface area contributed by atoms with Gasteiger partial charge in [0.2, 0.25) is 0 Å². The van der Waals surface area contributed by atoms with E-state index in [1.807, 2.05) is 48.9 Å². The Morgan fingerprint density at radius 2 is 1.68 bits per heavy atom. The number of nitrogens with zero attached hydrogens (tertiary/aromatic N) is 3. The van der Waals surface area contributed by atoms with Gasteiger partial charge in [-0.15, -0.1) is 0 Å². The quantitative estimate of drug-likeness (QED) is 0.535. The molecule has 0 saturated carbocycles. The molecule has 4 aromatic rings. The van der Waals surface area contributed by atoms with Gasteiger partial charge in [-0.25, -0.2) is 0 Å². The third-order valence-electron chi connectivity index (χ3n) is 3.66. The summed E-state index contributed by atoms with van der Waals surface area (Å²) in [4.78, 5) is 8.34. The smallest absolute Gasteiger partial charge is 0.0716 e. The molecule has 1 aromatic carbocycles. The summed E-state index contributed by atoms with van der Waals surface area (Å²) in [7, 11) is 0. The molecule has 0 aliphatic carbocycles. The zero-order valence-corrected chi connectivity index (χ0v) is 12.4. The molecule has 0 atom stereocenters. The number of benzene rings is 1. The van der Waals surface area contributed by atoms with Crippen LogP contribution in [0.1, 0.15) is 0 Å². The Morgan fingerprint density at radius 1 is 0.864 bits per heavy atom. The molecule has 3 aromatic heterocycles. The van der Waals surface area contributed by atoms with Crippen LogP contribution in [0.15, 0.2) is 73.4 Å². The topological polar surface area (TPSA) is 30.7 Å². The van der Waals surface area contributed by atoms with Crippen molar-refractivity contribution in [2.45, 2.75) is 0 Å². The number of halogens is 1.